The second-order valence-electron chi connectivity index (χ2n) is 5.25. The number of rotatable bonds is 5. The van der Waals surface area contributed by atoms with Crippen LogP contribution in [0.2, 0.25) is 0 Å². The monoisotopic (exact) mass is 287 g/mol. The van der Waals surface area contributed by atoms with Crippen LogP contribution in [0, 0.1) is 5.92 Å². The van der Waals surface area contributed by atoms with Crippen molar-refractivity contribution < 1.29 is 17.9 Å². The van der Waals surface area contributed by atoms with E-state index in [1.807, 2.05) is 0 Å². The molecule has 1 fully saturated rings. The molecule has 0 spiro atoms. The van der Waals surface area contributed by atoms with Crippen molar-refractivity contribution in [1.82, 2.24) is 5.32 Å². The number of nitrogens with one attached hydrogen (secondary N) is 1. The molecule has 112 valence electrons. The van der Waals surface area contributed by atoms with E-state index in [1.165, 1.54) is 18.9 Å². The summed E-state index contributed by atoms with van der Waals surface area (Å²) in [5.41, 5.74) is -0.0447. The highest BCUT2D eigenvalue weighted by Crippen LogP contribution is 2.29. The van der Waals surface area contributed by atoms with Crippen LogP contribution in [0.25, 0.3) is 0 Å². The Morgan fingerprint density at radius 2 is 2.15 bits per heavy atom. The Morgan fingerprint density at radius 1 is 1.30 bits per heavy atom. The van der Waals surface area contributed by atoms with Crippen LogP contribution >= 0.6 is 0 Å². The van der Waals surface area contributed by atoms with Crippen molar-refractivity contribution in [2.75, 3.05) is 19.7 Å². The van der Waals surface area contributed by atoms with E-state index in [1.54, 1.807) is 6.07 Å². The lowest BCUT2D eigenvalue weighted by atomic mass is 9.97. The number of hydrogen-bond donors (Lipinski definition) is 1. The molecule has 0 saturated carbocycles. The minimum atomic E-state index is -4.29. The SMILES string of the molecule is FC(F)(F)c1cccc(COCCC2CCCNC2)c1. The Kier molecular flexibility index (Phi) is 5.43. The molecule has 0 amide bonds. The van der Waals surface area contributed by atoms with E-state index in [9.17, 15) is 13.2 Å². The highest BCUT2D eigenvalue weighted by Gasteiger charge is 2.30. The molecule has 1 heterocycles. The Hall–Kier alpha value is -1.07. The van der Waals surface area contributed by atoms with Gasteiger partial charge in [-0.3, -0.25) is 0 Å². The van der Waals surface area contributed by atoms with E-state index >= 15 is 0 Å². The zero-order chi connectivity index (χ0) is 14.4. The van der Waals surface area contributed by atoms with Gasteiger partial charge in [-0.25, -0.2) is 0 Å². The van der Waals surface area contributed by atoms with E-state index in [2.05, 4.69) is 5.32 Å². The summed E-state index contributed by atoms with van der Waals surface area (Å²) in [5.74, 6) is 0.630. The van der Waals surface area contributed by atoms with E-state index < -0.39 is 11.7 Å². The fourth-order valence-corrected chi connectivity index (χ4v) is 2.45. The molecule has 2 nitrogen and oxygen atoms in total. The minimum absolute atomic E-state index is 0.240. The number of piperidine rings is 1. The van der Waals surface area contributed by atoms with Crippen molar-refractivity contribution >= 4 is 0 Å². The quantitative estimate of drug-likeness (QED) is 0.835. The lowest BCUT2D eigenvalue weighted by Crippen LogP contribution is -2.30. The fraction of sp³-hybridized carbons (Fsp3) is 0.600. The largest absolute Gasteiger partial charge is 0.416 e. The molecule has 1 N–H and O–H groups in total. The van der Waals surface area contributed by atoms with Crippen molar-refractivity contribution in [3.63, 3.8) is 0 Å². The molecular weight excluding hydrogens is 267 g/mol. The van der Waals surface area contributed by atoms with E-state index in [-0.39, 0.29) is 6.61 Å². The number of ether oxygens (including phenoxy) is 1. The molecule has 1 aliphatic rings. The normalized spacial score (nSPS) is 20.1. The average Bonchev–Trinajstić information content (AvgIpc) is 2.44. The smallest absolute Gasteiger partial charge is 0.377 e. The molecule has 1 aliphatic heterocycles. The van der Waals surface area contributed by atoms with Gasteiger partial charge in [0.2, 0.25) is 0 Å². The van der Waals surface area contributed by atoms with Crippen molar-refractivity contribution in [2.24, 2.45) is 5.92 Å². The van der Waals surface area contributed by atoms with Crippen molar-refractivity contribution in [3.05, 3.63) is 35.4 Å². The van der Waals surface area contributed by atoms with Crippen molar-refractivity contribution in [3.8, 4) is 0 Å². The van der Waals surface area contributed by atoms with Crippen LogP contribution in [0.4, 0.5) is 13.2 Å². The molecule has 1 aromatic carbocycles. The molecule has 0 aromatic heterocycles. The third-order valence-corrected chi connectivity index (χ3v) is 3.59. The molecule has 0 radical (unpaired) electrons. The van der Waals surface area contributed by atoms with Crippen LogP contribution < -0.4 is 5.32 Å². The minimum Gasteiger partial charge on any atom is -0.377 e. The Bertz CT molecular complexity index is 414. The maximum absolute atomic E-state index is 12.6. The number of benzene rings is 1. The first-order chi connectivity index (χ1) is 9.55. The molecule has 0 bridgehead atoms. The first-order valence-corrected chi connectivity index (χ1v) is 7.00. The molecule has 1 aromatic rings. The van der Waals surface area contributed by atoms with Gasteiger partial charge < -0.3 is 10.1 Å². The number of hydrogen-bond acceptors (Lipinski definition) is 2. The predicted molar refractivity (Wildman–Crippen MR) is 71.3 cm³/mol. The van der Waals surface area contributed by atoms with Crippen LogP contribution in [0.1, 0.15) is 30.4 Å². The fourth-order valence-electron chi connectivity index (χ4n) is 2.45. The van der Waals surface area contributed by atoms with Gasteiger partial charge in [0.15, 0.2) is 0 Å². The second-order valence-corrected chi connectivity index (χ2v) is 5.25. The highest BCUT2D eigenvalue weighted by atomic mass is 19.4. The van der Waals surface area contributed by atoms with Gasteiger partial charge in [0.25, 0.3) is 0 Å². The van der Waals surface area contributed by atoms with Gasteiger partial charge >= 0.3 is 6.18 Å². The molecule has 20 heavy (non-hydrogen) atoms. The topological polar surface area (TPSA) is 21.3 Å². The standard InChI is InChI=1S/C15H20F3NO/c16-15(17,18)14-5-1-3-13(9-14)11-20-8-6-12-4-2-7-19-10-12/h1,3,5,9,12,19H,2,4,6-8,10-11H2. The van der Waals surface area contributed by atoms with Crippen LogP contribution in [0.5, 0.6) is 0 Å². The maximum Gasteiger partial charge on any atom is 0.416 e. The van der Waals surface area contributed by atoms with Gasteiger partial charge in [-0.15, -0.1) is 0 Å². The lowest BCUT2D eigenvalue weighted by Gasteiger charge is -2.22. The van der Waals surface area contributed by atoms with E-state index in [0.29, 0.717) is 18.1 Å². The maximum atomic E-state index is 12.6. The highest BCUT2D eigenvalue weighted by molar-refractivity contribution is 5.25. The Morgan fingerprint density at radius 3 is 2.85 bits per heavy atom. The lowest BCUT2D eigenvalue weighted by molar-refractivity contribution is -0.137. The van der Waals surface area contributed by atoms with Crippen LogP contribution in [-0.2, 0) is 17.5 Å². The van der Waals surface area contributed by atoms with E-state index in [0.717, 1.165) is 31.6 Å². The first-order valence-electron chi connectivity index (χ1n) is 7.00. The molecule has 5 heteroatoms. The summed E-state index contributed by atoms with van der Waals surface area (Å²) in [7, 11) is 0. The van der Waals surface area contributed by atoms with Gasteiger partial charge in [-0.2, -0.15) is 13.2 Å². The molecular formula is C15H20F3NO. The van der Waals surface area contributed by atoms with Crippen molar-refractivity contribution in [2.45, 2.75) is 32.0 Å². The van der Waals surface area contributed by atoms with Gasteiger partial charge in [0.05, 0.1) is 12.2 Å². The van der Waals surface area contributed by atoms with Crippen LogP contribution in [-0.4, -0.2) is 19.7 Å². The second kappa shape index (κ2) is 7.09. The number of halogens is 3. The predicted octanol–water partition coefficient (Wildman–Crippen LogP) is 3.61. The third-order valence-electron chi connectivity index (χ3n) is 3.59. The van der Waals surface area contributed by atoms with Crippen molar-refractivity contribution in [1.29, 1.82) is 0 Å². The Balaban J connectivity index is 1.73. The number of alkyl halides is 3. The Labute approximate surface area is 117 Å². The zero-order valence-electron chi connectivity index (χ0n) is 11.4. The van der Waals surface area contributed by atoms with E-state index in [4.69, 9.17) is 4.74 Å². The summed E-state index contributed by atoms with van der Waals surface area (Å²) in [6.45, 7) is 2.95. The van der Waals surface area contributed by atoms with Gasteiger partial charge in [0.1, 0.15) is 0 Å². The summed E-state index contributed by atoms with van der Waals surface area (Å²) in [4.78, 5) is 0. The summed E-state index contributed by atoms with van der Waals surface area (Å²) in [5, 5.41) is 3.34. The summed E-state index contributed by atoms with van der Waals surface area (Å²) in [6, 6.07) is 5.32. The third kappa shape index (κ3) is 4.80. The van der Waals surface area contributed by atoms with Gasteiger partial charge in [-0.05, 0) is 56.0 Å². The van der Waals surface area contributed by atoms with Crippen LogP contribution in [0.3, 0.4) is 0 Å². The van der Waals surface area contributed by atoms with Crippen LogP contribution in [0.15, 0.2) is 24.3 Å². The van der Waals surface area contributed by atoms with Gasteiger partial charge in [-0.1, -0.05) is 12.1 Å². The average molecular weight is 287 g/mol. The summed E-state index contributed by atoms with van der Waals surface area (Å²) >= 11 is 0. The first kappa shape index (κ1) is 15.3. The summed E-state index contributed by atoms with van der Waals surface area (Å²) in [6.07, 6.45) is -0.923. The summed E-state index contributed by atoms with van der Waals surface area (Å²) < 4.78 is 43.1. The van der Waals surface area contributed by atoms with Gasteiger partial charge in [0, 0.05) is 6.61 Å². The molecule has 1 unspecified atom stereocenters. The molecule has 1 atom stereocenters. The molecule has 2 rings (SSSR count). The zero-order valence-corrected chi connectivity index (χ0v) is 11.4. The molecule has 1 saturated heterocycles. The molecule has 0 aliphatic carbocycles.